The first-order chi connectivity index (χ1) is 14.8. The number of imidazole rings is 1. The second kappa shape index (κ2) is 9.36. The molecule has 0 aliphatic carbocycles. The molecule has 3 heterocycles. The summed E-state index contributed by atoms with van der Waals surface area (Å²) in [6.45, 7) is 15.7. The van der Waals surface area contributed by atoms with Gasteiger partial charge in [-0.25, -0.2) is 9.78 Å². The summed E-state index contributed by atoms with van der Waals surface area (Å²) in [7, 11) is -1.16. The maximum absolute atomic E-state index is 12.1. The lowest BCUT2D eigenvalue weighted by atomic mass is 10.2. The van der Waals surface area contributed by atoms with E-state index in [2.05, 4.69) is 60.4 Å². The Kier molecular flexibility index (Phi) is 7.16. The van der Waals surface area contributed by atoms with Crippen molar-refractivity contribution in [3.63, 3.8) is 0 Å². The van der Waals surface area contributed by atoms with E-state index in [1.165, 1.54) is 0 Å². The molecular formula is C22H32BrN5O3Si. The Morgan fingerprint density at radius 1 is 1.31 bits per heavy atom. The SMILES string of the molecule is Cc1c(Br)cc(-c2nccc3[nH]c(NC(=O)OC(C)(C)C)nc23)n1COCC[Si](C)(C)C. The quantitative estimate of drug-likeness (QED) is 0.287. The number of anilines is 1. The van der Waals surface area contributed by atoms with Crippen LogP contribution >= 0.6 is 15.9 Å². The molecule has 0 bridgehead atoms. The van der Waals surface area contributed by atoms with Crippen molar-refractivity contribution in [3.8, 4) is 11.4 Å². The molecule has 0 spiro atoms. The van der Waals surface area contributed by atoms with Crippen LogP contribution in [0.15, 0.2) is 22.8 Å². The number of pyridine rings is 1. The van der Waals surface area contributed by atoms with E-state index in [1.807, 2.05) is 39.8 Å². The van der Waals surface area contributed by atoms with Crippen molar-refractivity contribution >= 4 is 47.1 Å². The zero-order valence-corrected chi connectivity index (χ0v) is 22.4. The fraction of sp³-hybridized carbons (Fsp3) is 0.500. The molecule has 32 heavy (non-hydrogen) atoms. The van der Waals surface area contributed by atoms with Gasteiger partial charge in [0.15, 0.2) is 0 Å². The highest BCUT2D eigenvalue weighted by Gasteiger charge is 2.20. The van der Waals surface area contributed by atoms with E-state index in [-0.39, 0.29) is 0 Å². The van der Waals surface area contributed by atoms with E-state index in [0.29, 0.717) is 23.9 Å². The van der Waals surface area contributed by atoms with Crippen LogP contribution in [0.5, 0.6) is 0 Å². The molecule has 0 unspecified atom stereocenters. The minimum Gasteiger partial charge on any atom is -0.444 e. The van der Waals surface area contributed by atoms with Crippen LogP contribution < -0.4 is 5.32 Å². The van der Waals surface area contributed by atoms with Crippen LogP contribution in [-0.4, -0.2) is 45.9 Å². The Hall–Kier alpha value is -2.17. The maximum atomic E-state index is 12.1. The number of hydrogen-bond donors (Lipinski definition) is 2. The van der Waals surface area contributed by atoms with Gasteiger partial charge in [-0.1, -0.05) is 19.6 Å². The summed E-state index contributed by atoms with van der Waals surface area (Å²) in [5.41, 5.74) is 3.48. The van der Waals surface area contributed by atoms with Crippen LogP contribution in [0.2, 0.25) is 25.7 Å². The molecule has 3 aromatic rings. The molecule has 10 heteroatoms. The minimum absolute atomic E-state index is 0.309. The fourth-order valence-corrected chi connectivity index (χ4v) is 4.28. The normalized spacial score (nSPS) is 12.4. The van der Waals surface area contributed by atoms with Crippen molar-refractivity contribution in [3.05, 3.63) is 28.5 Å². The lowest BCUT2D eigenvalue weighted by molar-refractivity contribution is 0.0635. The van der Waals surface area contributed by atoms with Crippen LogP contribution in [0.1, 0.15) is 26.5 Å². The number of nitrogens with zero attached hydrogens (tertiary/aromatic N) is 3. The predicted molar refractivity (Wildman–Crippen MR) is 134 cm³/mol. The monoisotopic (exact) mass is 521 g/mol. The molecule has 0 aliphatic heterocycles. The summed E-state index contributed by atoms with van der Waals surface area (Å²) in [6.07, 6.45) is 1.16. The molecule has 0 atom stereocenters. The Labute approximate surface area is 198 Å². The van der Waals surface area contributed by atoms with Gasteiger partial charge in [-0.2, -0.15) is 0 Å². The third kappa shape index (κ3) is 6.20. The lowest BCUT2D eigenvalue weighted by Gasteiger charge is -2.18. The summed E-state index contributed by atoms with van der Waals surface area (Å²) in [4.78, 5) is 24.4. The number of aromatic amines is 1. The van der Waals surface area contributed by atoms with E-state index >= 15 is 0 Å². The first-order valence-corrected chi connectivity index (χ1v) is 15.1. The number of carbonyl (C=O) groups excluding carboxylic acids is 1. The summed E-state index contributed by atoms with van der Waals surface area (Å²) >= 11 is 3.64. The van der Waals surface area contributed by atoms with E-state index in [1.54, 1.807) is 6.20 Å². The Morgan fingerprint density at radius 2 is 2.03 bits per heavy atom. The molecule has 8 nitrogen and oxygen atoms in total. The highest BCUT2D eigenvalue weighted by atomic mass is 79.9. The molecule has 0 aromatic carbocycles. The highest BCUT2D eigenvalue weighted by Crippen LogP contribution is 2.32. The van der Waals surface area contributed by atoms with Crippen LogP contribution in [0.25, 0.3) is 22.4 Å². The molecule has 0 fully saturated rings. The molecular weight excluding hydrogens is 490 g/mol. The molecule has 2 N–H and O–H groups in total. The van der Waals surface area contributed by atoms with Gasteiger partial charge in [0.1, 0.15) is 23.5 Å². The van der Waals surface area contributed by atoms with Crippen LogP contribution in [0.4, 0.5) is 10.7 Å². The highest BCUT2D eigenvalue weighted by molar-refractivity contribution is 9.10. The fourth-order valence-electron chi connectivity index (χ4n) is 3.09. The zero-order valence-electron chi connectivity index (χ0n) is 19.8. The molecule has 0 saturated heterocycles. The van der Waals surface area contributed by atoms with Crippen LogP contribution in [0, 0.1) is 6.92 Å². The smallest absolute Gasteiger partial charge is 0.414 e. The molecule has 0 aliphatic rings. The first kappa shape index (κ1) is 24.5. The number of amides is 1. The van der Waals surface area contributed by atoms with Gasteiger partial charge in [-0.3, -0.25) is 10.3 Å². The average Bonchev–Trinajstić information content (AvgIpc) is 3.17. The van der Waals surface area contributed by atoms with Gasteiger partial charge in [-0.15, -0.1) is 0 Å². The number of carbonyl (C=O) groups is 1. The van der Waals surface area contributed by atoms with Crippen molar-refractivity contribution in [2.45, 2.75) is 65.7 Å². The molecule has 3 aromatic heterocycles. The van der Waals surface area contributed by atoms with E-state index in [0.717, 1.165) is 34.0 Å². The van der Waals surface area contributed by atoms with Gasteiger partial charge in [0.25, 0.3) is 0 Å². The van der Waals surface area contributed by atoms with Gasteiger partial charge < -0.3 is 19.0 Å². The van der Waals surface area contributed by atoms with Gasteiger partial charge in [-0.05, 0) is 61.8 Å². The van der Waals surface area contributed by atoms with Crippen LogP contribution in [-0.2, 0) is 16.2 Å². The standard InChI is InChI=1S/C22H32BrN5O3Si/c1-14-15(23)12-17(28(14)13-30-10-11-32(5,6)7)19-18-16(8-9-24-19)25-20(26-18)27-21(29)31-22(2,3)4/h8-9,12H,10-11,13H2,1-7H3,(H2,25,26,27,29). The van der Waals surface area contributed by atoms with Gasteiger partial charge in [0, 0.05) is 31.0 Å². The Bertz CT molecular complexity index is 1110. The molecule has 0 saturated carbocycles. The third-order valence-corrected chi connectivity index (χ3v) is 7.29. The summed E-state index contributed by atoms with van der Waals surface area (Å²) in [5.74, 6) is 0.309. The van der Waals surface area contributed by atoms with E-state index < -0.39 is 19.8 Å². The number of rotatable bonds is 7. The summed E-state index contributed by atoms with van der Waals surface area (Å²) in [6, 6.07) is 4.96. The number of nitrogens with one attached hydrogen (secondary N) is 2. The maximum Gasteiger partial charge on any atom is 0.414 e. The van der Waals surface area contributed by atoms with Crippen molar-refractivity contribution in [1.29, 1.82) is 0 Å². The number of aromatic nitrogens is 4. The number of hydrogen-bond acceptors (Lipinski definition) is 5. The molecule has 3 rings (SSSR count). The minimum atomic E-state index is -1.16. The lowest BCUT2D eigenvalue weighted by Crippen LogP contribution is -2.27. The first-order valence-electron chi connectivity index (χ1n) is 10.6. The second-order valence-electron chi connectivity index (χ2n) is 10.0. The second-order valence-corrected chi connectivity index (χ2v) is 16.5. The Morgan fingerprint density at radius 3 is 2.69 bits per heavy atom. The molecule has 0 radical (unpaired) electrons. The van der Waals surface area contributed by atoms with Gasteiger partial charge in [0.05, 0.1) is 11.2 Å². The summed E-state index contributed by atoms with van der Waals surface area (Å²) < 4.78 is 14.4. The van der Waals surface area contributed by atoms with Gasteiger partial charge in [0.2, 0.25) is 5.95 Å². The van der Waals surface area contributed by atoms with Crippen molar-refractivity contribution in [2.24, 2.45) is 0 Å². The predicted octanol–water partition coefficient (Wildman–Crippen LogP) is 6.16. The van der Waals surface area contributed by atoms with Crippen molar-refractivity contribution < 1.29 is 14.3 Å². The van der Waals surface area contributed by atoms with Crippen molar-refractivity contribution in [1.82, 2.24) is 19.5 Å². The topological polar surface area (TPSA) is 94.1 Å². The zero-order chi connectivity index (χ0) is 23.7. The number of ether oxygens (including phenoxy) is 2. The largest absolute Gasteiger partial charge is 0.444 e. The third-order valence-electron chi connectivity index (χ3n) is 4.78. The van der Waals surface area contributed by atoms with Crippen molar-refractivity contribution in [2.75, 3.05) is 11.9 Å². The summed E-state index contributed by atoms with van der Waals surface area (Å²) in [5, 5.41) is 2.66. The molecule has 174 valence electrons. The Balaban J connectivity index is 1.88. The number of halogens is 1. The average molecular weight is 523 g/mol. The van der Waals surface area contributed by atoms with E-state index in [4.69, 9.17) is 9.47 Å². The number of H-pyrrole nitrogens is 1. The van der Waals surface area contributed by atoms with Gasteiger partial charge >= 0.3 is 6.09 Å². The van der Waals surface area contributed by atoms with Crippen LogP contribution in [0.3, 0.4) is 0 Å². The van der Waals surface area contributed by atoms with E-state index in [9.17, 15) is 4.79 Å². The number of fused-ring (bicyclic) bond motifs is 1. The molecule has 1 amide bonds.